The average molecular weight is 363 g/mol. The summed E-state index contributed by atoms with van der Waals surface area (Å²) in [5, 5.41) is 12.8. The van der Waals surface area contributed by atoms with Crippen molar-refractivity contribution in [2.45, 2.75) is 40.0 Å². The molecule has 9 heteroatoms. The molecule has 2 heterocycles. The van der Waals surface area contributed by atoms with Crippen LogP contribution in [0.25, 0.3) is 0 Å². The van der Waals surface area contributed by atoms with Gasteiger partial charge < -0.3 is 19.7 Å². The average Bonchev–Trinajstić information content (AvgIpc) is 3.15. The Hall–Kier alpha value is -2.68. The summed E-state index contributed by atoms with van der Waals surface area (Å²) in [6.07, 6.45) is 3.00. The van der Waals surface area contributed by atoms with E-state index in [1.807, 2.05) is 0 Å². The van der Waals surface area contributed by atoms with Gasteiger partial charge in [-0.25, -0.2) is 0 Å². The second kappa shape index (κ2) is 9.71. The number of nitrogens with one attached hydrogen (secondary N) is 2. The number of carbonyl (C=O) groups is 2. The van der Waals surface area contributed by atoms with Gasteiger partial charge in [-0.1, -0.05) is 30.1 Å². The molecule has 26 heavy (non-hydrogen) atoms. The second-order valence-corrected chi connectivity index (χ2v) is 6.16. The fourth-order valence-electron chi connectivity index (χ4n) is 2.42. The van der Waals surface area contributed by atoms with Gasteiger partial charge in [0.15, 0.2) is 11.6 Å². The molecule has 2 rings (SSSR count). The van der Waals surface area contributed by atoms with Crippen molar-refractivity contribution in [1.82, 2.24) is 15.2 Å². The van der Waals surface area contributed by atoms with Crippen LogP contribution in [0.1, 0.15) is 37.7 Å². The third-order valence-corrected chi connectivity index (χ3v) is 3.60. The fraction of sp³-hybridized carbons (Fsp3) is 0.529. The first-order chi connectivity index (χ1) is 12.5. The Labute approximate surface area is 152 Å². The molecule has 0 bridgehead atoms. The largest absolute Gasteiger partial charge is 0.360 e. The van der Waals surface area contributed by atoms with Crippen molar-refractivity contribution in [3.8, 4) is 0 Å². The van der Waals surface area contributed by atoms with E-state index in [2.05, 4.69) is 27.9 Å². The minimum Gasteiger partial charge on any atom is -0.360 e. The SMILES string of the molecule is CCCCCN(CC(=O)Nc1cc(C)on1)CC(=O)Nc1cc(C)on1. The van der Waals surface area contributed by atoms with Crippen LogP contribution >= 0.6 is 0 Å². The van der Waals surface area contributed by atoms with E-state index >= 15 is 0 Å². The molecule has 0 unspecified atom stereocenters. The van der Waals surface area contributed by atoms with Crippen LogP contribution in [0, 0.1) is 13.8 Å². The molecular formula is C17H25N5O4. The predicted molar refractivity (Wildman–Crippen MR) is 95.7 cm³/mol. The molecule has 0 fully saturated rings. The summed E-state index contributed by atoms with van der Waals surface area (Å²) in [6, 6.07) is 3.28. The van der Waals surface area contributed by atoms with E-state index in [1.54, 1.807) is 30.9 Å². The Morgan fingerprint density at radius 3 is 1.85 bits per heavy atom. The summed E-state index contributed by atoms with van der Waals surface area (Å²) in [5.74, 6) is 1.46. The van der Waals surface area contributed by atoms with Gasteiger partial charge in [-0.3, -0.25) is 14.5 Å². The van der Waals surface area contributed by atoms with Gasteiger partial charge in [0, 0.05) is 12.1 Å². The van der Waals surface area contributed by atoms with Crippen molar-refractivity contribution in [3.63, 3.8) is 0 Å². The lowest BCUT2D eigenvalue weighted by Gasteiger charge is -2.20. The van der Waals surface area contributed by atoms with Gasteiger partial charge in [-0.05, 0) is 26.8 Å². The first kappa shape index (κ1) is 19.6. The number of anilines is 2. The Kier molecular flexibility index (Phi) is 7.34. The number of aryl methyl sites for hydroxylation is 2. The highest BCUT2D eigenvalue weighted by Gasteiger charge is 2.16. The zero-order chi connectivity index (χ0) is 18.9. The van der Waals surface area contributed by atoms with Gasteiger partial charge in [0.2, 0.25) is 11.8 Å². The van der Waals surface area contributed by atoms with Crippen LogP contribution in [0.3, 0.4) is 0 Å². The smallest absolute Gasteiger partial charge is 0.239 e. The summed E-state index contributed by atoms with van der Waals surface area (Å²) in [4.78, 5) is 26.2. The molecule has 2 aromatic rings. The lowest BCUT2D eigenvalue weighted by molar-refractivity contribution is -0.120. The van der Waals surface area contributed by atoms with Crippen LogP contribution < -0.4 is 10.6 Å². The molecule has 0 aromatic carbocycles. The highest BCUT2D eigenvalue weighted by molar-refractivity contribution is 5.93. The Bertz CT molecular complexity index is 668. The van der Waals surface area contributed by atoms with E-state index in [1.165, 1.54) is 0 Å². The van der Waals surface area contributed by atoms with E-state index in [4.69, 9.17) is 9.05 Å². The fourth-order valence-corrected chi connectivity index (χ4v) is 2.42. The Balaban J connectivity index is 1.88. The maximum Gasteiger partial charge on any atom is 0.239 e. The number of nitrogens with zero attached hydrogens (tertiary/aromatic N) is 3. The normalized spacial score (nSPS) is 10.9. The Morgan fingerprint density at radius 1 is 0.962 bits per heavy atom. The summed E-state index contributed by atoms with van der Waals surface area (Å²) in [7, 11) is 0. The van der Waals surface area contributed by atoms with Gasteiger partial charge in [0.05, 0.1) is 13.1 Å². The third-order valence-electron chi connectivity index (χ3n) is 3.60. The quantitative estimate of drug-likeness (QED) is 0.623. The van der Waals surface area contributed by atoms with Crippen LogP contribution in [0.4, 0.5) is 11.6 Å². The topological polar surface area (TPSA) is 114 Å². The lowest BCUT2D eigenvalue weighted by atomic mass is 10.2. The van der Waals surface area contributed by atoms with E-state index in [9.17, 15) is 9.59 Å². The molecule has 0 atom stereocenters. The summed E-state index contributed by atoms with van der Waals surface area (Å²) < 4.78 is 9.85. The first-order valence-corrected chi connectivity index (χ1v) is 8.65. The maximum absolute atomic E-state index is 12.2. The molecule has 9 nitrogen and oxygen atoms in total. The number of hydrogen-bond donors (Lipinski definition) is 2. The van der Waals surface area contributed by atoms with Crippen molar-refractivity contribution in [2.75, 3.05) is 30.3 Å². The minimum absolute atomic E-state index is 0.0842. The summed E-state index contributed by atoms with van der Waals surface area (Å²) in [5.41, 5.74) is 0. The third kappa shape index (κ3) is 6.67. The van der Waals surface area contributed by atoms with E-state index < -0.39 is 0 Å². The van der Waals surface area contributed by atoms with Crippen LogP contribution in [0.5, 0.6) is 0 Å². The van der Waals surface area contributed by atoms with Crippen LogP contribution in [0.15, 0.2) is 21.2 Å². The standard InChI is InChI=1S/C17H25N5O4/c1-4-5-6-7-22(10-16(23)18-14-8-12(2)25-20-14)11-17(24)19-15-9-13(3)26-21-15/h8-9H,4-7,10-11H2,1-3H3,(H,18,20,23)(H,19,21,24). The van der Waals surface area contributed by atoms with E-state index in [-0.39, 0.29) is 24.9 Å². The predicted octanol–water partition coefficient (Wildman–Crippen LogP) is 2.35. The van der Waals surface area contributed by atoms with Crippen LogP contribution in [-0.2, 0) is 9.59 Å². The van der Waals surface area contributed by atoms with Gasteiger partial charge in [-0.2, -0.15) is 0 Å². The molecule has 0 spiro atoms. The molecule has 142 valence electrons. The number of hydrogen-bond acceptors (Lipinski definition) is 7. The van der Waals surface area contributed by atoms with Crippen molar-refractivity contribution in [2.24, 2.45) is 0 Å². The highest BCUT2D eigenvalue weighted by atomic mass is 16.5. The van der Waals surface area contributed by atoms with Gasteiger partial charge in [-0.15, -0.1) is 0 Å². The van der Waals surface area contributed by atoms with Crippen molar-refractivity contribution >= 4 is 23.5 Å². The van der Waals surface area contributed by atoms with E-state index in [0.29, 0.717) is 29.7 Å². The summed E-state index contributed by atoms with van der Waals surface area (Å²) >= 11 is 0. The van der Waals surface area contributed by atoms with Crippen LogP contribution in [0.2, 0.25) is 0 Å². The molecule has 2 amide bonds. The number of amides is 2. The first-order valence-electron chi connectivity index (χ1n) is 8.65. The Morgan fingerprint density at radius 2 is 1.46 bits per heavy atom. The van der Waals surface area contributed by atoms with Crippen molar-refractivity contribution < 1.29 is 18.6 Å². The molecule has 2 N–H and O–H groups in total. The number of rotatable bonds is 10. The highest BCUT2D eigenvalue weighted by Crippen LogP contribution is 2.09. The molecule has 0 aliphatic heterocycles. The lowest BCUT2D eigenvalue weighted by Crippen LogP contribution is -2.39. The number of carbonyl (C=O) groups excluding carboxylic acids is 2. The monoisotopic (exact) mass is 363 g/mol. The van der Waals surface area contributed by atoms with Crippen LogP contribution in [-0.4, -0.2) is 46.7 Å². The van der Waals surface area contributed by atoms with Gasteiger partial charge in [0.1, 0.15) is 11.5 Å². The molecule has 0 radical (unpaired) electrons. The maximum atomic E-state index is 12.2. The van der Waals surface area contributed by atoms with Gasteiger partial charge >= 0.3 is 0 Å². The molecule has 0 saturated heterocycles. The number of unbranched alkanes of at least 4 members (excludes halogenated alkanes) is 2. The van der Waals surface area contributed by atoms with Gasteiger partial charge in [0.25, 0.3) is 0 Å². The molecule has 0 saturated carbocycles. The zero-order valence-electron chi connectivity index (χ0n) is 15.4. The minimum atomic E-state index is -0.250. The zero-order valence-corrected chi connectivity index (χ0v) is 15.4. The molecule has 0 aliphatic rings. The number of aromatic nitrogens is 2. The van der Waals surface area contributed by atoms with Crippen molar-refractivity contribution in [3.05, 3.63) is 23.7 Å². The van der Waals surface area contributed by atoms with Crippen molar-refractivity contribution in [1.29, 1.82) is 0 Å². The summed E-state index contributed by atoms with van der Waals surface area (Å²) in [6.45, 7) is 6.40. The second-order valence-electron chi connectivity index (χ2n) is 6.16. The molecule has 0 aliphatic carbocycles. The molecule has 2 aromatic heterocycles. The van der Waals surface area contributed by atoms with E-state index in [0.717, 1.165) is 19.3 Å². The molecular weight excluding hydrogens is 338 g/mol.